The predicted molar refractivity (Wildman–Crippen MR) is 109 cm³/mol. The summed E-state index contributed by atoms with van der Waals surface area (Å²) >= 11 is 1.24. The number of carbonyl (C=O) groups is 2. The fourth-order valence-electron chi connectivity index (χ4n) is 2.66. The van der Waals surface area contributed by atoms with Gasteiger partial charge in [-0.2, -0.15) is 0 Å². The molecule has 0 atom stereocenters. The maximum absolute atomic E-state index is 12.4. The Labute approximate surface area is 162 Å². The Bertz CT molecular complexity index is 951. The Morgan fingerprint density at radius 1 is 1.04 bits per heavy atom. The Hall–Kier alpha value is -2.99. The van der Waals surface area contributed by atoms with Gasteiger partial charge in [0.2, 0.25) is 5.91 Å². The summed E-state index contributed by atoms with van der Waals surface area (Å²) in [6, 6.07) is 15.7. The number of nitrogens with one attached hydrogen (secondary N) is 2. The minimum absolute atomic E-state index is 0.116. The van der Waals surface area contributed by atoms with E-state index in [1.807, 2.05) is 62.4 Å². The van der Waals surface area contributed by atoms with Crippen molar-refractivity contribution in [2.45, 2.75) is 26.7 Å². The third-order valence-corrected chi connectivity index (χ3v) is 4.85. The van der Waals surface area contributed by atoms with Crippen molar-refractivity contribution in [3.8, 4) is 0 Å². The molecule has 5 nitrogen and oxygen atoms in total. The minimum atomic E-state index is -0.289. The molecule has 1 heterocycles. The van der Waals surface area contributed by atoms with Crippen LogP contribution in [0.3, 0.4) is 0 Å². The number of thiazole rings is 1. The number of carbonyl (C=O) groups excluding carboxylic acids is 2. The highest BCUT2D eigenvalue weighted by molar-refractivity contribution is 7.14. The molecular formula is C21H21N3O2S. The van der Waals surface area contributed by atoms with Crippen LogP contribution in [0.5, 0.6) is 0 Å². The van der Waals surface area contributed by atoms with E-state index in [-0.39, 0.29) is 11.8 Å². The van der Waals surface area contributed by atoms with Crippen LogP contribution in [0, 0.1) is 13.8 Å². The fourth-order valence-corrected chi connectivity index (χ4v) is 3.37. The highest BCUT2D eigenvalue weighted by Crippen LogP contribution is 2.20. The smallest absolute Gasteiger partial charge is 0.275 e. The van der Waals surface area contributed by atoms with Crippen molar-refractivity contribution in [2.24, 2.45) is 0 Å². The van der Waals surface area contributed by atoms with E-state index in [0.717, 1.165) is 22.4 Å². The largest absolute Gasteiger partial charge is 0.320 e. The van der Waals surface area contributed by atoms with Crippen LogP contribution in [0.2, 0.25) is 0 Å². The van der Waals surface area contributed by atoms with Gasteiger partial charge in [0.25, 0.3) is 5.91 Å². The zero-order valence-corrected chi connectivity index (χ0v) is 16.1. The van der Waals surface area contributed by atoms with Gasteiger partial charge in [-0.3, -0.25) is 9.59 Å². The number of amides is 2. The Kier molecular flexibility index (Phi) is 5.98. The molecule has 0 fully saturated rings. The monoisotopic (exact) mass is 379 g/mol. The van der Waals surface area contributed by atoms with E-state index in [9.17, 15) is 9.59 Å². The number of nitrogens with zero attached hydrogens (tertiary/aromatic N) is 1. The zero-order chi connectivity index (χ0) is 19.2. The first-order valence-electron chi connectivity index (χ1n) is 8.69. The summed E-state index contributed by atoms with van der Waals surface area (Å²) < 4.78 is 0. The molecule has 0 radical (unpaired) electrons. The summed E-state index contributed by atoms with van der Waals surface area (Å²) in [5, 5.41) is 7.69. The average molecular weight is 379 g/mol. The second-order valence-corrected chi connectivity index (χ2v) is 7.20. The Morgan fingerprint density at radius 2 is 1.81 bits per heavy atom. The van der Waals surface area contributed by atoms with Crippen molar-refractivity contribution in [1.82, 2.24) is 4.98 Å². The maximum atomic E-state index is 12.4. The van der Waals surface area contributed by atoms with Crippen LogP contribution in [0.1, 0.15) is 33.6 Å². The van der Waals surface area contributed by atoms with Crippen molar-refractivity contribution in [2.75, 3.05) is 10.6 Å². The summed E-state index contributed by atoms with van der Waals surface area (Å²) in [4.78, 5) is 28.7. The molecule has 2 N–H and O–H groups in total. The summed E-state index contributed by atoms with van der Waals surface area (Å²) in [5.74, 6) is -0.405. The van der Waals surface area contributed by atoms with Crippen LogP contribution in [0.4, 0.5) is 10.8 Å². The number of benzene rings is 2. The molecule has 0 bridgehead atoms. The number of aromatic nitrogens is 1. The van der Waals surface area contributed by atoms with Gasteiger partial charge in [-0.05, 0) is 37.5 Å². The number of hydrogen-bond acceptors (Lipinski definition) is 4. The summed E-state index contributed by atoms with van der Waals surface area (Å²) in [6.45, 7) is 3.95. The van der Waals surface area contributed by atoms with Gasteiger partial charge in [-0.15, -0.1) is 11.3 Å². The van der Waals surface area contributed by atoms with Crippen LogP contribution in [0.15, 0.2) is 53.9 Å². The SMILES string of the molecule is Cc1ccc(NC(=O)c2csc(NC(=O)CCc3ccccc3)n2)c(C)c1. The average Bonchev–Trinajstić information content (AvgIpc) is 3.12. The molecule has 2 amide bonds. The fraction of sp³-hybridized carbons (Fsp3) is 0.190. The summed E-state index contributed by atoms with van der Waals surface area (Å²) in [6.07, 6.45) is 1.03. The topological polar surface area (TPSA) is 71.1 Å². The molecule has 3 aromatic rings. The van der Waals surface area contributed by atoms with Crippen molar-refractivity contribution < 1.29 is 9.59 Å². The van der Waals surface area contributed by atoms with Crippen molar-refractivity contribution >= 4 is 34.0 Å². The van der Waals surface area contributed by atoms with Gasteiger partial charge in [0.15, 0.2) is 5.13 Å². The minimum Gasteiger partial charge on any atom is -0.320 e. The van der Waals surface area contributed by atoms with Crippen molar-refractivity contribution in [3.05, 3.63) is 76.3 Å². The van der Waals surface area contributed by atoms with Gasteiger partial charge in [0.05, 0.1) is 0 Å². The van der Waals surface area contributed by atoms with E-state index in [4.69, 9.17) is 0 Å². The van der Waals surface area contributed by atoms with Crippen LogP contribution >= 0.6 is 11.3 Å². The predicted octanol–water partition coefficient (Wildman–Crippen LogP) is 4.58. The van der Waals surface area contributed by atoms with Crippen LogP contribution in [-0.2, 0) is 11.2 Å². The molecular weight excluding hydrogens is 358 g/mol. The highest BCUT2D eigenvalue weighted by atomic mass is 32.1. The Balaban J connectivity index is 1.55. The zero-order valence-electron chi connectivity index (χ0n) is 15.3. The quantitative estimate of drug-likeness (QED) is 0.658. The van der Waals surface area contributed by atoms with Crippen LogP contribution < -0.4 is 10.6 Å². The maximum Gasteiger partial charge on any atom is 0.275 e. The van der Waals surface area contributed by atoms with Crippen molar-refractivity contribution in [1.29, 1.82) is 0 Å². The first-order chi connectivity index (χ1) is 13.0. The lowest BCUT2D eigenvalue weighted by molar-refractivity contribution is -0.116. The molecule has 2 aromatic carbocycles. The molecule has 138 valence electrons. The first kappa shape index (κ1) is 18.8. The number of rotatable bonds is 6. The van der Waals surface area contributed by atoms with Gasteiger partial charge in [0, 0.05) is 17.5 Å². The highest BCUT2D eigenvalue weighted by Gasteiger charge is 2.13. The Morgan fingerprint density at radius 3 is 2.56 bits per heavy atom. The van der Waals surface area contributed by atoms with E-state index < -0.39 is 0 Å². The molecule has 0 unspecified atom stereocenters. The van der Waals surface area contributed by atoms with Crippen LogP contribution in [-0.4, -0.2) is 16.8 Å². The molecule has 27 heavy (non-hydrogen) atoms. The first-order valence-corrected chi connectivity index (χ1v) is 9.57. The molecule has 3 rings (SSSR count). The van der Waals surface area contributed by atoms with Crippen LogP contribution in [0.25, 0.3) is 0 Å². The standard InChI is InChI=1S/C21H21N3O2S/c1-14-8-10-17(15(2)12-14)22-20(26)18-13-27-21(23-18)24-19(25)11-9-16-6-4-3-5-7-16/h3-8,10,12-13H,9,11H2,1-2H3,(H,22,26)(H,23,24,25). The second kappa shape index (κ2) is 8.60. The molecule has 0 saturated heterocycles. The summed E-state index contributed by atoms with van der Waals surface area (Å²) in [5.41, 5.74) is 4.29. The normalized spacial score (nSPS) is 10.4. The molecule has 0 saturated carbocycles. The van der Waals surface area contributed by atoms with E-state index in [1.54, 1.807) is 5.38 Å². The van der Waals surface area contributed by atoms with E-state index in [2.05, 4.69) is 15.6 Å². The third kappa shape index (κ3) is 5.24. The molecule has 0 aliphatic heterocycles. The molecule has 0 spiro atoms. The van der Waals surface area contributed by atoms with E-state index >= 15 is 0 Å². The summed E-state index contributed by atoms with van der Waals surface area (Å²) in [7, 11) is 0. The lowest BCUT2D eigenvalue weighted by atomic mass is 10.1. The van der Waals surface area contributed by atoms with Gasteiger partial charge < -0.3 is 10.6 Å². The molecule has 0 aliphatic carbocycles. The lowest BCUT2D eigenvalue weighted by Crippen LogP contribution is -2.15. The van der Waals surface area contributed by atoms with Gasteiger partial charge in [-0.25, -0.2) is 4.98 Å². The molecule has 0 aliphatic rings. The van der Waals surface area contributed by atoms with E-state index in [0.29, 0.717) is 23.7 Å². The van der Waals surface area contributed by atoms with E-state index in [1.165, 1.54) is 11.3 Å². The second-order valence-electron chi connectivity index (χ2n) is 6.34. The lowest BCUT2D eigenvalue weighted by Gasteiger charge is -2.07. The number of hydrogen-bond donors (Lipinski definition) is 2. The molecule has 6 heteroatoms. The number of aryl methyl sites for hydroxylation is 3. The van der Waals surface area contributed by atoms with Crippen molar-refractivity contribution in [3.63, 3.8) is 0 Å². The molecule has 1 aromatic heterocycles. The van der Waals surface area contributed by atoms with Gasteiger partial charge >= 0.3 is 0 Å². The third-order valence-electron chi connectivity index (χ3n) is 4.10. The van der Waals surface area contributed by atoms with Gasteiger partial charge in [0.1, 0.15) is 5.69 Å². The number of anilines is 2. The van der Waals surface area contributed by atoms with Gasteiger partial charge in [-0.1, -0.05) is 48.0 Å².